The summed E-state index contributed by atoms with van der Waals surface area (Å²) in [5, 5.41) is 8.89. The lowest BCUT2D eigenvalue weighted by Gasteiger charge is -2.09. The van der Waals surface area contributed by atoms with Gasteiger partial charge >= 0.3 is 17.7 Å². The first kappa shape index (κ1) is 20.2. The van der Waals surface area contributed by atoms with E-state index in [0.29, 0.717) is 29.1 Å². The summed E-state index contributed by atoms with van der Waals surface area (Å²) in [5.41, 5.74) is 6.87. The minimum Gasteiger partial charge on any atom is -0.492 e. The van der Waals surface area contributed by atoms with Crippen molar-refractivity contribution in [2.45, 2.75) is 32.7 Å². The molecule has 0 radical (unpaired) electrons. The standard InChI is InChI=1S/C19H23N5O5/c1-2-3-8-29-18-22-16(20)15-17(23-18)24(19(27)21-15)7-9-28-13-6-4-5-12(10-13)11-14(25)26/h4-6,10H,2-3,7-9,11H2,1H3,(H,21,27)(H,25,26)(H2,20,22,23). The number of carboxylic acids is 1. The molecule has 0 fully saturated rings. The average molecular weight is 401 g/mol. The number of rotatable bonds is 10. The Morgan fingerprint density at radius 1 is 1.28 bits per heavy atom. The molecule has 2 aromatic heterocycles. The first-order valence-electron chi connectivity index (χ1n) is 9.30. The van der Waals surface area contributed by atoms with Crippen molar-refractivity contribution in [2.24, 2.45) is 0 Å². The fourth-order valence-electron chi connectivity index (χ4n) is 2.79. The van der Waals surface area contributed by atoms with E-state index in [1.165, 1.54) is 4.57 Å². The third-order valence-electron chi connectivity index (χ3n) is 4.20. The number of unbranched alkanes of at least 4 members (excludes halogenated alkanes) is 1. The molecule has 2 heterocycles. The summed E-state index contributed by atoms with van der Waals surface area (Å²) in [6.45, 7) is 2.90. The number of carbonyl (C=O) groups is 1. The van der Waals surface area contributed by atoms with E-state index in [1.807, 2.05) is 6.92 Å². The topological polar surface area (TPSA) is 145 Å². The Hall–Kier alpha value is -3.56. The van der Waals surface area contributed by atoms with Crippen LogP contribution in [0.5, 0.6) is 11.8 Å². The predicted octanol–water partition coefficient (Wildman–Crippen LogP) is 1.59. The predicted molar refractivity (Wildman–Crippen MR) is 106 cm³/mol. The van der Waals surface area contributed by atoms with Gasteiger partial charge in [-0.05, 0) is 24.1 Å². The number of nitrogens with two attached hydrogens (primary N) is 1. The maximum atomic E-state index is 12.3. The van der Waals surface area contributed by atoms with Crippen LogP contribution in [-0.2, 0) is 17.8 Å². The second-order valence-electron chi connectivity index (χ2n) is 6.44. The molecular weight excluding hydrogens is 378 g/mol. The molecule has 3 rings (SSSR count). The number of aliphatic carboxylic acids is 1. The summed E-state index contributed by atoms with van der Waals surface area (Å²) in [7, 11) is 0. The highest BCUT2D eigenvalue weighted by atomic mass is 16.5. The lowest BCUT2D eigenvalue weighted by molar-refractivity contribution is -0.136. The van der Waals surface area contributed by atoms with E-state index < -0.39 is 5.97 Å². The zero-order valence-corrected chi connectivity index (χ0v) is 16.1. The van der Waals surface area contributed by atoms with Gasteiger partial charge in [0.25, 0.3) is 0 Å². The van der Waals surface area contributed by atoms with Crippen LogP contribution in [0.2, 0.25) is 0 Å². The maximum Gasteiger partial charge on any atom is 0.327 e. The highest BCUT2D eigenvalue weighted by Crippen LogP contribution is 2.18. The van der Waals surface area contributed by atoms with Crippen molar-refractivity contribution in [3.63, 3.8) is 0 Å². The molecule has 0 bridgehead atoms. The Morgan fingerprint density at radius 3 is 2.86 bits per heavy atom. The van der Waals surface area contributed by atoms with Crippen molar-refractivity contribution in [1.82, 2.24) is 19.5 Å². The highest BCUT2D eigenvalue weighted by molar-refractivity contribution is 5.81. The molecule has 10 nitrogen and oxygen atoms in total. The number of fused-ring (bicyclic) bond motifs is 1. The van der Waals surface area contributed by atoms with Crippen molar-refractivity contribution < 1.29 is 19.4 Å². The molecule has 0 atom stereocenters. The van der Waals surface area contributed by atoms with Crippen LogP contribution in [0.15, 0.2) is 29.1 Å². The van der Waals surface area contributed by atoms with Crippen LogP contribution in [0.25, 0.3) is 11.2 Å². The largest absolute Gasteiger partial charge is 0.492 e. The summed E-state index contributed by atoms with van der Waals surface area (Å²) in [4.78, 5) is 34.2. The molecule has 0 unspecified atom stereocenters. The van der Waals surface area contributed by atoms with E-state index in [1.54, 1.807) is 24.3 Å². The number of carboxylic acid groups (broad SMARTS) is 1. The normalized spacial score (nSPS) is 10.9. The number of nitrogens with one attached hydrogen (secondary N) is 1. The molecule has 3 aromatic rings. The summed E-state index contributed by atoms with van der Waals surface area (Å²) in [5.74, 6) is -0.254. The molecule has 0 aliphatic rings. The van der Waals surface area contributed by atoms with Crippen LogP contribution in [0, 0.1) is 0 Å². The summed E-state index contributed by atoms with van der Waals surface area (Å²) >= 11 is 0. The lowest BCUT2D eigenvalue weighted by Crippen LogP contribution is -2.21. The number of hydrogen-bond acceptors (Lipinski definition) is 7. The third-order valence-corrected chi connectivity index (χ3v) is 4.20. The number of nitrogen functional groups attached to an aromatic ring is 1. The number of anilines is 1. The first-order valence-corrected chi connectivity index (χ1v) is 9.30. The van der Waals surface area contributed by atoms with E-state index in [4.69, 9.17) is 20.3 Å². The quantitative estimate of drug-likeness (QED) is 0.434. The van der Waals surface area contributed by atoms with E-state index in [-0.39, 0.29) is 37.1 Å². The van der Waals surface area contributed by atoms with Gasteiger partial charge in [0, 0.05) is 0 Å². The summed E-state index contributed by atoms with van der Waals surface area (Å²) in [6.07, 6.45) is 1.74. The Kier molecular flexibility index (Phi) is 6.32. The second-order valence-corrected chi connectivity index (χ2v) is 6.44. The molecule has 10 heteroatoms. The number of ether oxygens (including phenoxy) is 2. The lowest BCUT2D eigenvalue weighted by atomic mass is 10.1. The van der Waals surface area contributed by atoms with Gasteiger partial charge in [0.2, 0.25) is 0 Å². The maximum absolute atomic E-state index is 12.3. The van der Waals surface area contributed by atoms with Gasteiger partial charge in [-0.25, -0.2) is 4.79 Å². The smallest absolute Gasteiger partial charge is 0.327 e. The minimum atomic E-state index is -0.915. The van der Waals surface area contributed by atoms with Crippen LogP contribution in [0.1, 0.15) is 25.3 Å². The number of benzene rings is 1. The molecule has 4 N–H and O–H groups in total. The van der Waals surface area contributed by atoms with Gasteiger partial charge in [-0.2, -0.15) is 9.97 Å². The molecule has 1 aromatic carbocycles. The molecule has 0 spiro atoms. The number of hydrogen-bond donors (Lipinski definition) is 3. The molecule has 0 aliphatic carbocycles. The summed E-state index contributed by atoms with van der Waals surface area (Å²) < 4.78 is 12.6. The molecule has 0 saturated heterocycles. The zero-order valence-electron chi connectivity index (χ0n) is 16.1. The van der Waals surface area contributed by atoms with Crippen molar-refractivity contribution in [2.75, 3.05) is 18.9 Å². The first-order chi connectivity index (χ1) is 14.0. The fraction of sp³-hybridized carbons (Fsp3) is 0.368. The zero-order chi connectivity index (χ0) is 20.8. The minimum absolute atomic E-state index is 0.0872. The van der Waals surface area contributed by atoms with Crippen molar-refractivity contribution in [3.8, 4) is 11.8 Å². The Bertz CT molecular complexity index is 1060. The number of imidazole rings is 1. The van der Waals surface area contributed by atoms with Crippen LogP contribution in [0.4, 0.5) is 5.82 Å². The van der Waals surface area contributed by atoms with E-state index >= 15 is 0 Å². The van der Waals surface area contributed by atoms with Gasteiger partial charge in [0.15, 0.2) is 11.5 Å². The monoisotopic (exact) mass is 401 g/mol. The number of H-pyrrole nitrogens is 1. The van der Waals surface area contributed by atoms with Gasteiger partial charge < -0.3 is 25.3 Å². The number of nitrogens with zero attached hydrogens (tertiary/aromatic N) is 3. The van der Waals surface area contributed by atoms with Gasteiger partial charge in [-0.15, -0.1) is 0 Å². The van der Waals surface area contributed by atoms with Gasteiger partial charge in [0.05, 0.1) is 19.6 Å². The molecule has 0 aliphatic heterocycles. The average Bonchev–Trinajstić information content (AvgIpc) is 2.98. The molecular formula is C19H23N5O5. The highest BCUT2D eigenvalue weighted by Gasteiger charge is 2.14. The van der Waals surface area contributed by atoms with Crippen molar-refractivity contribution in [1.29, 1.82) is 0 Å². The summed E-state index contributed by atoms with van der Waals surface area (Å²) in [6, 6.07) is 6.94. The second kappa shape index (κ2) is 9.09. The van der Waals surface area contributed by atoms with Gasteiger partial charge in [-0.1, -0.05) is 25.5 Å². The SMILES string of the molecule is CCCCOc1nc(N)c2[nH]c(=O)n(CCOc3cccc(CC(=O)O)c3)c2n1. The Balaban J connectivity index is 1.73. The van der Waals surface area contributed by atoms with E-state index in [9.17, 15) is 9.59 Å². The fourth-order valence-corrected chi connectivity index (χ4v) is 2.79. The molecule has 0 saturated carbocycles. The Labute approximate surface area is 166 Å². The van der Waals surface area contributed by atoms with Gasteiger partial charge in [-0.3, -0.25) is 9.36 Å². The van der Waals surface area contributed by atoms with Gasteiger partial charge in [0.1, 0.15) is 17.9 Å². The molecule has 29 heavy (non-hydrogen) atoms. The van der Waals surface area contributed by atoms with Crippen LogP contribution >= 0.6 is 0 Å². The van der Waals surface area contributed by atoms with Crippen molar-refractivity contribution >= 4 is 23.0 Å². The van der Waals surface area contributed by atoms with Crippen molar-refractivity contribution in [3.05, 3.63) is 40.3 Å². The Morgan fingerprint density at radius 2 is 2.10 bits per heavy atom. The molecule has 154 valence electrons. The van der Waals surface area contributed by atoms with Crippen LogP contribution < -0.4 is 20.9 Å². The third kappa shape index (κ3) is 5.03. The number of aromatic nitrogens is 4. The molecule has 0 amide bonds. The number of aromatic amines is 1. The van der Waals surface area contributed by atoms with E-state index in [2.05, 4.69) is 15.0 Å². The van der Waals surface area contributed by atoms with E-state index in [0.717, 1.165) is 12.8 Å². The van der Waals surface area contributed by atoms with Crippen LogP contribution in [-0.4, -0.2) is 43.8 Å². The van der Waals surface area contributed by atoms with Crippen LogP contribution in [0.3, 0.4) is 0 Å².